The Morgan fingerprint density at radius 2 is 1.67 bits per heavy atom. The molecule has 2 aromatic carbocycles. The fourth-order valence-electron chi connectivity index (χ4n) is 2.63. The molecular weight excluding hydrogens is 342 g/mol. The minimum absolute atomic E-state index is 0.208. The highest BCUT2D eigenvalue weighted by atomic mass is 16.5. The molecule has 0 heterocycles. The highest BCUT2D eigenvalue weighted by molar-refractivity contribution is 5.69. The summed E-state index contributed by atoms with van der Waals surface area (Å²) < 4.78 is 10.00. The van der Waals surface area contributed by atoms with E-state index in [0.717, 1.165) is 16.7 Å². The summed E-state index contributed by atoms with van der Waals surface area (Å²) in [6.07, 6.45) is 2.29. The van der Waals surface area contributed by atoms with Gasteiger partial charge in [0, 0.05) is 6.42 Å². The van der Waals surface area contributed by atoms with E-state index in [1.165, 1.54) is 7.11 Å². The third-order valence-corrected chi connectivity index (χ3v) is 4.11. The first kappa shape index (κ1) is 20.2. The van der Waals surface area contributed by atoms with E-state index >= 15 is 0 Å². The fraction of sp³-hybridized carbons (Fsp3) is 0.273. The number of esters is 1. The average Bonchev–Trinajstić information content (AvgIpc) is 2.71. The fourth-order valence-corrected chi connectivity index (χ4v) is 2.63. The molecule has 0 spiro atoms. The van der Waals surface area contributed by atoms with E-state index in [1.807, 2.05) is 73.7 Å². The lowest BCUT2D eigenvalue weighted by Crippen LogP contribution is -2.29. The average molecular weight is 367 g/mol. The maximum absolute atomic E-state index is 12.3. The van der Waals surface area contributed by atoms with Crippen LogP contribution in [0.2, 0.25) is 0 Å². The number of hydrogen-bond donors (Lipinski definition) is 1. The van der Waals surface area contributed by atoms with Gasteiger partial charge in [-0.1, -0.05) is 72.3 Å². The van der Waals surface area contributed by atoms with Crippen molar-refractivity contribution in [3.05, 3.63) is 83.4 Å². The molecule has 2 rings (SSSR count). The Hall–Kier alpha value is -3.08. The zero-order chi connectivity index (χ0) is 19.5. The van der Waals surface area contributed by atoms with Crippen LogP contribution in [0.3, 0.4) is 0 Å². The van der Waals surface area contributed by atoms with Gasteiger partial charge in [0.25, 0.3) is 0 Å². The van der Waals surface area contributed by atoms with Gasteiger partial charge >= 0.3 is 12.1 Å². The number of carbonyl (C=O) groups excluding carboxylic acids is 2. The molecule has 0 saturated heterocycles. The molecule has 1 N–H and O–H groups in total. The van der Waals surface area contributed by atoms with Gasteiger partial charge in [-0.2, -0.15) is 0 Å². The third kappa shape index (κ3) is 6.98. The number of methoxy groups -OCH3 is 1. The molecule has 5 heteroatoms. The van der Waals surface area contributed by atoms with Crippen LogP contribution in [0, 0.1) is 0 Å². The van der Waals surface area contributed by atoms with E-state index in [2.05, 4.69) is 10.1 Å². The molecule has 1 unspecified atom stereocenters. The third-order valence-electron chi connectivity index (χ3n) is 4.11. The molecule has 1 amide bonds. The largest absolute Gasteiger partial charge is 0.469 e. The molecule has 0 fully saturated rings. The van der Waals surface area contributed by atoms with Crippen LogP contribution >= 0.6 is 0 Å². The molecule has 5 nitrogen and oxygen atoms in total. The molecule has 2 aromatic rings. The van der Waals surface area contributed by atoms with Crippen molar-refractivity contribution < 1.29 is 19.1 Å². The summed E-state index contributed by atoms with van der Waals surface area (Å²) in [6.45, 7) is 2.13. The number of hydrogen-bond acceptors (Lipinski definition) is 4. The van der Waals surface area contributed by atoms with Gasteiger partial charge in [-0.25, -0.2) is 4.79 Å². The first-order valence-electron chi connectivity index (χ1n) is 8.85. The quantitative estimate of drug-likeness (QED) is 0.549. The van der Waals surface area contributed by atoms with Crippen LogP contribution in [0.4, 0.5) is 4.79 Å². The van der Waals surface area contributed by atoms with E-state index in [-0.39, 0.29) is 18.6 Å². The monoisotopic (exact) mass is 367 g/mol. The summed E-state index contributed by atoms with van der Waals surface area (Å²) in [5.41, 5.74) is 2.80. The summed E-state index contributed by atoms with van der Waals surface area (Å²) in [4.78, 5) is 23.6. The van der Waals surface area contributed by atoms with Crippen LogP contribution in [-0.4, -0.2) is 19.2 Å². The first-order valence-corrected chi connectivity index (χ1v) is 8.85. The van der Waals surface area contributed by atoms with Crippen molar-refractivity contribution in [2.75, 3.05) is 7.11 Å². The lowest BCUT2D eigenvalue weighted by Gasteiger charge is -2.20. The van der Waals surface area contributed by atoms with Gasteiger partial charge in [-0.15, -0.1) is 0 Å². The lowest BCUT2D eigenvalue weighted by molar-refractivity contribution is -0.140. The maximum Gasteiger partial charge on any atom is 0.408 e. The molecule has 0 aliphatic carbocycles. The van der Waals surface area contributed by atoms with Crippen molar-refractivity contribution in [3.8, 4) is 0 Å². The molecule has 0 radical (unpaired) electrons. The number of rotatable bonds is 8. The van der Waals surface area contributed by atoms with Crippen LogP contribution in [-0.2, 0) is 20.9 Å². The SMILES string of the molecule is COC(=O)CC/C=C(\C)C(NC(=O)OCc1ccccc1)c1ccccc1. The van der Waals surface area contributed by atoms with Gasteiger partial charge in [0.2, 0.25) is 0 Å². The van der Waals surface area contributed by atoms with Gasteiger partial charge < -0.3 is 14.8 Å². The van der Waals surface area contributed by atoms with Gasteiger partial charge in [0.1, 0.15) is 6.61 Å². The topological polar surface area (TPSA) is 64.6 Å². The number of carbonyl (C=O) groups is 2. The molecule has 0 aromatic heterocycles. The Morgan fingerprint density at radius 3 is 2.30 bits per heavy atom. The number of nitrogens with one attached hydrogen (secondary N) is 1. The second-order valence-corrected chi connectivity index (χ2v) is 6.11. The van der Waals surface area contributed by atoms with Crippen molar-refractivity contribution in [1.29, 1.82) is 0 Å². The van der Waals surface area contributed by atoms with Gasteiger partial charge in [0.15, 0.2) is 0 Å². The highest BCUT2D eigenvalue weighted by Crippen LogP contribution is 2.22. The van der Waals surface area contributed by atoms with Gasteiger partial charge in [-0.05, 0) is 24.5 Å². The van der Waals surface area contributed by atoms with Crippen LogP contribution in [0.5, 0.6) is 0 Å². The zero-order valence-corrected chi connectivity index (χ0v) is 15.7. The smallest absolute Gasteiger partial charge is 0.408 e. The Balaban J connectivity index is 2.02. The van der Waals surface area contributed by atoms with Crippen LogP contribution < -0.4 is 5.32 Å². The zero-order valence-electron chi connectivity index (χ0n) is 15.7. The second-order valence-electron chi connectivity index (χ2n) is 6.11. The molecule has 0 aliphatic heterocycles. The normalized spacial score (nSPS) is 12.1. The van der Waals surface area contributed by atoms with Crippen LogP contribution in [0.15, 0.2) is 72.3 Å². The van der Waals surface area contributed by atoms with E-state index in [0.29, 0.717) is 12.8 Å². The van der Waals surface area contributed by atoms with E-state index in [9.17, 15) is 9.59 Å². The number of ether oxygens (including phenoxy) is 2. The molecular formula is C22H25NO4. The molecule has 1 atom stereocenters. The molecule has 142 valence electrons. The van der Waals surface area contributed by atoms with E-state index in [1.54, 1.807) is 0 Å². The van der Waals surface area contributed by atoms with Crippen molar-refractivity contribution >= 4 is 12.1 Å². The molecule has 0 aliphatic rings. The summed E-state index contributed by atoms with van der Waals surface area (Å²) >= 11 is 0. The van der Waals surface area contributed by atoms with Crippen molar-refractivity contribution in [2.45, 2.75) is 32.4 Å². The Kier molecular flexibility index (Phi) is 8.10. The highest BCUT2D eigenvalue weighted by Gasteiger charge is 2.17. The van der Waals surface area contributed by atoms with Crippen molar-refractivity contribution in [2.24, 2.45) is 0 Å². The van der Waals surface area contributed by atoms with Crippen LogP contribution in [0.25, 0.3) is 0 Å². The molecule has 0 bridgehead atoms. The molecule has 0 saturated carbocycles. The predicted octanol–water partition coefficient (Wildman–Crippen LogP) is 4.55. The lowest BCUT2D eigenvalue weighted by atomic mass is 9.99. The number of benzene rings is 2. The Labute approximate surface area is 160 Å². The summed E-state index contributed by atoms with van der Waals surface area (Å²) in [7, 11) is 1.37. The number of allylic oxidation sites excluding steroid dienone is 1. The summed E-state index contributed by atoms with van der Waals surface area (Å²) in [5, 5.41) is 2.91. The minimum Gasteiger partial charge on any atom is -0.469 e. The Bertz CT molecular complexity index is 756. The minimum atomic E-state index is -0.492. The van der Waals surface area contributed by atoms with E-state index in [4.69, 9.17) is 4.74 Å². The summed E-state index contributed by atoms with van der Waals surface area (Å²) in [5.74, 6) is -0.259. The van der Waals surface area contributed by atoms with E-state index < -0.39 is 6.09 Å². The van der Waals surface area contributed by atoms with Crippen molar-refractivity contribution in [3.63, 3.8) is 0 Å². The molecule has 27 heavy (non-hydrogen) atoms. The summed E-state index contributed by atoms with van der Waals surface area (Å²) in [6, 6.07) is 18.8. The van der Waals surface area contributed by atoms with Gasteiger partial charge in [0.05, 0.1) is 13.2 Å². The second kappa shape index (κ2) is 10.8. The maximum atomic E-state index is 12.3. The standard InChI is InChI=1S/C22H25NO4/c1-17(10-9-15-20(24)26-2)21(19-13-7-4-8-14-19)23-22(25)27-16-18-11-5-3-6-12-18/h3-8,10-14,21H,9,15-16H2,1-2H3,(H,23,25)/b17-10+. The predicted molar refractivity (Wildman–Crippen MR) is 104 cm³/mol. The van der Waals surface area contributed by atoms with Gasteiger partial charge in [-0.3, -0.25) is 4.79 Å². The number of alkyl carbamates (subject to hydrolysis) is 1. The number of amides is 1. The van der Waals surface area contributed by atoms with Crippen molar-refractivity contribution in [1.82, 2.24) is 5.32 Å². The first-order chi connectivity index (χ1) is 13.1. The Morgan fingerprint density at radius 1 is 1.04 bits per heavy atom. The van der Waals surface area contributed by atoms with Crippen LogP contribution in [0.1, 0.15) is 36.9 Å².